The van der Waals surface area contributed by atoms with Crippen LogP contribution in [0.25, 0.3) is 0 Å². The van der Waals surface area contributed by atoms with Crippen LogP contribution in [0, 0.1) is 0 Å². The number of nitrogens with zero attached hydrogens (tertiary/aromatic N) is 1. The molecule has 0 radical (unpaired) electrons. The van der Waals surface area contributed by atoms with Crippen LogP contribution < -0.4 is 0 Å². The Bertz CT molecular complexity index is 482. The molecule has 1 aromatic heterocycles. The van der Waals surface area contributed by atoms with E-state index in [2.05, 4.69) is 23.4 Å². The summed E-state index contributed by atoms with van der Waals surface area (Å²) >= 11 is 9.48. The molecule has 0 N–H and O–H groups in total. The minimum Gasteiger partial charge on any atom is -0.245 e. The van der Waals surface area contributed by atoms with Crippen molar-refractivity contribution in [3.05, 3.63) is 45.4 Å². The second kappa shape index (κ2) is 6.43. The predicted octanol–water partition coefficient (Wildman–Crippen LogP) is 5.04. The van der Waals surface area contributed by atoms with E-state index in [1.54, 1.807) is 23.1 Å². The zero-order valence-electron chi connectivity index (χ0n) is 9.65. The second-order valence-electron chi connectivity index (χ2n) is 3.73. The molecule has 17 heavy (non-hydrogen) atoms. The van der Waals surface area contributed by atoms with E-state index in [1.807, 2.05) is 18.2 Å². The van der Waals surface area contributed by atoms with Gasteiger partial charge in [0, 0.05) is 15.3 Å². The van der Waals surface area contributed by atoms with Crippen molar-refractivity contribution in [3.8, 4) is 0 Å². The topological polar surface area (TPSA) is 12.9 Å². The normalized spacial score (nSPS) is 10.7. The summed E-state index contributed by atoms with van der Waals surface area (Å²) in [6, 6.07) is 7.95. The molecule has 2 aromatic rings. The third-order valence-corrected chi connectivity index (χ3v) is 4.58. The van der Waals surface area contributed by atoms with Gasteiger partial charge in [-0.15, -0.1) is 23.1 Å². The molecule has 4 heteroatoms. The average molecular weight is 284 g/mol. The maximum Gasteiger partial charge on any atom is 0.103 e. The van der Waals surface area contributed by atoms with Crippen LogP contribution in [0.4, 0.5) is 0 Å². The molecule has 0 fully saturated rings. The number of thioether (sulfide) groups is 1. The summed E-state index contributed by atoms with van der Waals surface area (Å²) in [6.07, 6.45) is 2.24. The molecule has 0 spiro atoms. The lowest BCUT2D eigenvalue weighted by Gasteiger charge is -1.99. The first-order valence-corrected chi connectivity index (χ1v) is 7.84. The second-order valence-corrected chi connectivity index (χ2v) is 6.16. The highest BCUT2D eigenvalue weighted by Gasteiger charge is 2.02. The molecule has 0 saturated carbocycles. The van der Waals surface area contributed by atoms with Gasteiger partial charge in [0.2, 0.25) is 0 Å². The van der Waals surface area contributed by atoms with Gasteiger partial charge in [0.05, 0.1) is 11.4 Å². The SMILES string of the molecule is CCCc1csc(CSc2cccc(Cl)c2)n1. The molecule has 0 atom stereocenters. The van der Waals surface area contributed by atoms with E-state index in [9.17, 15) is 0 Å². The van der Waals surface area contributed by atoms with Gasteiger partial charge in [-0.25, -0.2) is 4.98 Å². The summed E-state index contributed by atoms with van der Waals surface area (Å²) in [5.74, 6) is 0.925. The third-order valence-electron chi connectivity index (χ3n) is 2.26. The standard InChI is InChI=1S/C13H14ClNS2/c1-2-4-11-8-17-13(15-11)9-16-12-6-3-5-10(14)7-12/h3,5-8H,2,4,9H2,1H3. The molecule has 1 nitrogen and oxygen atoms in total. The molecule has 1 aromatic carbocycles. The Balaban J connectivity index is 1.93. The Morgan fingerprint density at radius 1 is 1.41 bits per heavy atom. The van der Waals surface area contributed by atoms with Crippen molar-refractivity contribution in [2.24, 2.45) is 0 Å². The Morgan fingerprint density at radius 3 is 3.06 bits per heavy atom. The van der Waals surface area contributed by atoms with Crippen LogP contribution in [0.15, 0.2) is 34.5 Å². The Kier molecular flexibility index (Phi) is 4.89. The minimum atomic E-state index is 0.792. The first kappa shape index (κ1) is 12.9. The number of hydrogen-bond donors (Lipinski definition) is 0. The monoisotopic (exact) mass is 283 g/mol. The molecule has 0 saturated heterocycles. The third kappa shape index (κ3) is 4.02. The van der Waals surface area contributed by atoms with Crippen LogP contribution in [0.2, 0.25) is 5.02 Å². The molecular formula is C13H14ClNS2. The summed E-state index contributed by atoms with van der Waals surface area (Å²) in [5, 5.41) is 4.15. The fourth-order valence-corrected chi connectivity index (χ4v) is 3.54. The van der Waals surface area contributed by atoms with Crippen LogP contribution in [0.1, 0.15) is 24.0 Å². The van der Waals surface area contributed by atoms with Gasteiger partial charge in [-0.1, -0.05) is 31.0 Å². The molecular weight excluding hydrogens is 270 g/mol. The van der Waals surface area contributed by atoms with E-state index >= 15 is 0 Å². The summed E-state index contributed by atoms with van der Waals surface area (Å²) < 4.78 is 0. The molecule has 90 valence electrons. The highest BCUT2D eigenvalue weighted by Crippen LogP contribution is 2.26. The number of aryl methyl sites for hydroxylation is 1. The minimum absolute atomic E-state index is 0.792. The highest BCUT2D eigenvalue weighted by atomic mass is 35.5. The molecule has 0 amide bonds. The smallest absolute Gasteiger partial charge is 0.103 e. The average Bonchev–Trinajstić information content (AvgIpc) is 2.75. The zero-order valence-corrected chi connectivity index (χ0v) is 12.0. The van der Waals surface area contributed by atoms with Gasteiger partial charge in [0.25, 0.3) is 0 Å². The van der Waals surface area contributed by atoms with Gasteiger partial charge in [-0.2, -0.15) is 0 Å². The van der Waals surface area contributed by atoms with Crippen molar-refractivity contribution in [2.75, 3.05) is 0 Å². The zero-order chi connectivity index (χ0) is 12.1. The first-order chi connectivity index (χ1) is 8.28. The predicted molar refractivity (Wildman–Crippen MR) is 77.1 cm³/mol. The van der Waals surface area contributed by atoms with Gasteiger partial charge in [-0.05, 0) is 24.6 Å². The lowest BCUT2D eigenvalue weighted by molar-refractivity contribution is 0.887. The molecule has 0 aliphatic carbocycles. The first-order valence-electron chi connectivity index (χ1n) is 5.59. The molecule has 0 bridgehead atoms. The van der Waals surface area contributed by atoms with Crippen molar-refractivity contribution in [3.63, 3.8) is 0 Å². The van der Waals surface area contributed by atoms with Gasteiger partial charge in [0.1, 0.15) is 5.01 Å². The Hall–Kier alpha value is -0.510. The van der Waals surface area contributed by atoms with Crippen LogP contribution in [0.3, 0.4) is 0 Å². The summed E-state index contributed by atoms with van der Waals surface area (Å²) in [6.45, 7) is 2.18. The summed E-state index contributed by atoms with van der Waals surface area (Å²) in [7, 11) is 0. The van der Waals surface area contributed by atoms with E-state index < -0.39 is 0 Å². The Morgan fingerprint density at radius 2 is 2.29 bits per heavy atom. The highest BCUT2D eigenvalue weighted by molar-refractivity contribution is 7.98. The largest absolute Gasteiger partial charge is 0.245 e. The van der Waals surface area contributed by atoms with Gasteiger partial charge in [-0.3, -0.25) is 0 Å². The van der Waals surface area contributed by atoms with Crippen molar-refractivity contribution in [1.29, 1.82) is 0 Å². The lowest BCUT2D eigenvalue weighted by atomic mass is 10.3. The number of thiazole rings is 1. The van der Waals surface area contributed by atoms with Crippen LogP contribution >= 0.6 is 34.7 Å². The van der Waals surface area contributed by atoms with Crippen molar-refractivity contribution in [2.45, 2.75) is 30.4 Å². The van der Waals surface area contributed by atoms with E-state index in [0.717, 1.165) is 23.6 Å². The van der Waals surface area contributed by atoms with Crippen molar-refractivity contribution in [1.82, 2.24) is 4.98 Å². The molecule has 2 rings (SSSR count). The van der Waals surface area contributed by atoms with Gasteiger partial charge in [0.15, 0.2) is 0 Å². The maximum absolute atomic E-state index is 5.95. The number of halogens is 1. The van der Waals surface area contributed by atoms with Crippen LogP contribution in [0.5, 0.6) is 0 Å². The summed E-state index contributed by atoms with van der Waals surface area (Å²) in [4.78, 5) is 5.80. The van der Waals surface area contributed by atoms with Crippen molar-refractivity contribution < 1.29 is 0 Å². The molecule has 1 heterocycles. The molecule has 0 unspecified atom stereocenters. The molecule has 0 aliphatic heterocycles. The van der Waals surface area contributed by atoms with E-state index in [4.69, 9.17) is 11.6 Å². The fraction of sp³-hybridized carbons (Fsp3) is 0.308. The van der Waals surface area contributed by atoms with Gasteiger partial charge < -0.3 is 0 Å². The number of benzene rings is 1. The van der Waals surface area contributed by atoms with Crippen LogP contribution in [-0.4, -0.2) is 4.98 Å². The van der Waals surface area contributed by atoms with E-state index in [1.165, 1.54) is 15.6 Å². The van der Waals surface area contributed by atoms with Crippen molar-refractivity contribution >= 4 is 34.7 Å². The summed E-state index contributed by atoms with van der Waals surface area (Å²) in [5.41, 5.74) is 1.22. The quantitative estimate of drug-likeness (QED) is 0.713. The van der Waals surface area contributed by atoms with Crippen LogP contribution in [-0.2, 0) is 12.2 Å². The Labute approximate surface area is 115 Å². The lowest BCUT2D eigenvalue weighted by Crippen LogP contribution is -1.84. The van der Waals surface area contributed by atoms with Gasteiger partial charge >= 0.3 is 0 Å². The fourth-order valence-electron chi connectivity index (χ4n) is 1.49. The molecule has 0 aliphatic rings. The number of rotatable bonds is 5. The van der Waals surface area contributed by atoms with E-state index in [-0.39, 0.29) is 0 Å². The number of aromatic nitrogens is 1. The number of hydrogen-bond acceptors (Lipinski definition) is 3. The van der Waals surface area contributed by atoms with E-state index in [0.29, 0.717) is 0 Å². The maximum atomic E-state index is 5.95.